The highest BCUT2D eigenvalue weighted by atomic mass is 32.2. The molecule has 0 aliphatic carbocycles. The number of alkyl halides is 3. The van der Waals surface area contributed by atoms with E-state index in [4.69, 9.17) is 4.74 Å². The highest BCUT2D eigenvalue weighted by Gasteiger charge is 2.45. The summed E-state index contributed by atoms with van der Waals surface area (Å²) in [5.41, 5.74) is 0.795. The van der Waals surface area contributed by atoms with Gasteiger partial charge in [-0.3, -0.25) is 14.3 Å². The molecule has 1 heterocycles. The van der Waals surface area contributed by atoms with Gasteiger partial charge in [-0.2, -0.15) is 13.2 Å². The Hall–Kier alpha value is -3.28. The number of piperidine rings is 1. The molecule has 0 saturated carbocycles. The molecule has 34 heavy (non-hydrogen) atoms. The third kappa shape index (κ3) is 5.99. The van der Waals surface area contributed by atoms with E-state index in [0.717, 1.165) is 0 Å². The summed E-state index contributed by atoms with van der Waals surface area (Å²) in [6, 6.07) is 8.47. The number of nitrogens with one attached hydrogen (secondary N) is 3. The Balaban J connectivity index is 1.73. The van der Waals surface area contributed by atoms with Crippen LogP contribution in [0.3, 0.4) is 0 Å². The van der Waals surface area contributed by atoms with Crippen LogP contribution in [0.4, 0.5) is 24.5 Å². The van der Waals surface area contributed by atoms with Crippen LogP contribution in [0.2, 0.25) is 0 Å². The molecule has 3 N–H and O–H groups in total. The predicted octanol–water partition coefficient (Wildman–Crippen LogP) is 3.59. The molecule has 2 aromatic rings. The van der Waals surface area contributed by atoms with E-state index in [1.807, 2.05) is 12.2 Å². The zero-order chi connectivity index (χ0) is 25.1. The fourth-order valence-corrected chi connectivity index (χ4v) is 4.83. The number of sulfonamides is 1. The van der Waals surface area contributed by atoms with E-state index in [2.05, 4.69) is 10.0 Å². The summed E-state index contributed by atoms with van der Waals surface area (Å²) in [7, 11) is -4.03. The first-order valence-electron chi connectivity index (χ1n) is 10.4. The molecule has 1 saturated heterocycles. The molecule has 2 amide bonds. The van der Waals surface area contributed by atoms with Gasteiger partial charge in [0, 0.05) is 11.4 Å². The first kappa shape index (κ1) is 25.3. The number of rotatable bonds is 7. The second-order valence-electron chi connectivity index (χ2n) is 7.77. The SMILES string of the molecule is CCOc1ccc(NS(=O)(=O)c2cc(NC(=O)C3CCC(C(F)(F)F)NC3=O)ccc2C)cc1. The summed E-state index contributed by atoms with van der Waals surface area (Å²) < 4.78 is 72.1. The van der Waals surface area contributed by atoms with Gasteiger partial charge < -0.3 is 15.4 Å². The van der Waals surface area contributed by atoms with E-state index in [-0.39, 0.29) is 17.0 Å². The van der Waals surface area contributed by atoms with Crippen molar-refractivity contribution < 1.29 is 35.9 Å². The lowest BCUT2D eigenvalue weighted by atomic mass is 9.92. The average Bonchev–Trinajstić information content (AvgIpc) is 2.75. The highest BCUT2D eigenvalue weighted by molar-refractivity contribution is 7.92. The van der Waals surface area contributed by atoms with Crippen molar-refractivity contribution in [3.63, 3.8) is 0 Å². The van der Waals surface area contributed by atoms with Crippen LogP contribution in [-0.4, -0.2) is 39.1 Å². The van der Waals surface area contributed by atoms with Crippen molar-refractivity contribution in [2.45, 2.75) is 43.8 Å². The minimum absolute atomic E-state index is 0.0911. The van der Waals surface area contributed by atoms with Crippen molar-refractivity contribution in [1.29, 1.82) is 0 Å². The Morgan fingerprint density at radius 1 is 1.12 bits per heavy atom. The molecule has 1 aliphatic rings. The number of ether oxygens (including phenoxy) is 1. The Morgan fingerprint density at radius 2 is 1.76 bits per heavy atom. The molecule has 3 rings (SSSR count). The van der Waals surface area contributed by atoms with Gasteiger partial charge in [0.15, 0.2) is 0 Å². The minimum Gasteiger partial charge on any atom is -0.494 e. The highest BCUT2D eigenvalue weighted by Crippen LogP contribution is 2.29. The molecule has 0 bridgehead atoms. The molecule has 2 aromatic carbocycles. The second kappa shape index (κ2) is 9.92. The van der Waals surface area contributed by atoms with Crippen LogP contribution in [0.25, 0.3) is 0 Å². The Bertz CT molecular complexity index is 1170. The van der Waals surface area contributed by atoms with Crippen molar-refractivity contribution in [3.05, 3.63) is 48.0 Å². The fourth-order valence-electron chi connectivity index (χ4n) is 3.50. The van der Waals surface area contributed by atoms with Crippen LogP contribution in [0.1, 0.15) is 25.3 Å². The summed E-state index contributed by atoms with van der Waals surface area (Å²) in [6.45, 7) is 3.86. The third-order valence-electron chi connectivity index (χ3n) is 5.25. The van der Waals surface area contributed by atoms with Crippen molar-refractivity contribution in [1.82, 2.24) is 5.32 Å². The van der Waals surface area contributed by atoms with Crippen molar-refractivity contribution in [2.24, 2.45) is 5.92 Å². The van der Waals surface area contributed by atoms with E-state index >= 15 is 0 Å². The zero-order valence-corrected chi connectivity index (χ0v) is 19.2. The molecular weight excluding hydrogens is 475 g/mol. The summed E-state index contributed by atoms with van der Waals surface area (Å²) >= 11 is 0. The zero-order valence-electron chi connectivity index (χ0n) is 18.4. The lowest BCUT2D eigenvalue weighted by Gasteiger charge is -2.29. The normalized spacial score (nSPS) is 18.7. The Morgan fingerprint density at radius 3 is 2.35 bits per heavy atom. The maximum absolute atomic E-state index is 12.9. The topological polar surface area (TPSA) is 114 Å². The molecule has 0 radical (unpaired) electrons. The van der Waals surface area contributed by atoms with Crippen LogP contribution in [-0.2, 0) is 19.6 Å². The van der Waals surface area contributed by atoms with Gasteiger partial charge in [0.2, 0.25) is 11.8 Å². The van der Waals surface area contributed by atoms with Gasteiger partial charge in [-0.15, -0.1) is 0 Å². The first-order chi connectivity index (χ1) is 15.9. The van der Waals surface area contributed by atoms with Gasteiger partial charge in [0.05, 0.1) is 11.5 Å². The number of benzene rings is 2. The largest absolute Gasteiger partial charge is 0.494 e. The molecule has 12 heteroatoms. The smallest absolute Gasteiger partial charge is 0.408 e. The van der Waals surface area contributed by atoms with E-state index < -0.39 is 46.4 Å². The summed E-state index contributed by atoms with van der Waals surface area (Å²) in [4.78, 5) is 24.5. The summed E-state index contributed by atoms with van der Waals surface area (Å²) in [5, 5.41) is 4.25. The lowest BCUT2D eigenvalue weighted by molar-refractivity contribution is -0.170. The molecule has 8 nitrogen and oxygen atoms in total. The van der Waals surface area contributed by atoms with Gasteiger partial charge >= 0.3 is 6.18 Å². The molecule has 1 aliphatic heterocycles. The fraction of sp³-hybridized carbons (Fsp3) is 0.364. The van der Waals surface area contributed by atoms with E-state index in [1.54, 1.807) is 31.2 Å². The molecule has 184 valence electrons. The number of amides is 2. The third-order valence-corrected chi connectivity index (χ3v) is 6.77. The standard InChI is InChI=1S/C22H24F3N3O5S/c1-3-33-16-8-6-14(7-9-16)28-34(31,32)18-12-15(5-4-13(18)2)26-20(29)17-10-11-19(22(23,24)25)27-21(17)30/h4-9,12,17,19,28H,3,10-11H2,1-2H3,(H,26,29)(H,27,30). The van der Waals surface area contributed by atoms with Crippen molar-refractivity contribution in [3.8, 4) is 5.75 Å². The predicted molar refractivity (Wildman–Crippen MR) is 119 cm³/mol. The number of carbonyl (C=O) groups excluding carboxylic acids is 2. The quantitative estimate of drug-likeness (QED) is 0.504. The molecule has 0 aromatic heterocycles. The molecule has 2 atom stereocenters. The van der Waals surface area contributed by atoms with E-state index in [0.29, 0.717) is 23.6 Å². The lowest BCUT2D eigenvalue weighted by Crippen LogP contribution is -2.53. The van der Waals surface area contributed by atoms with Gasteiger partial charge in [0.25, 0.3) is 10.0 Å². The molecule has 1 fully saturated rings. The number of halogens is 3. The first-order valence-corrected chi connectivity index (χ1v) is 11.9. The van der Waals surface area contributed by atoms with Crippen molar-refractivity contribution in [2.75, 3.05) is 16.6 Å². The minimum atomic E-state index is -4.59. The number of carbonyl (C=O) groups is 2. The summed E-state index contributed by atoms with van der Waals surface area (Å²) in [5.74, 6) is -2.57. The summed E-state index contributed by atoms with van der Waals surface area (Å²) in [6.07, 6.45) is -5.29. The monoisotopic (exact) mass is 499 g/mol. The average molecular weight is 500 g/mol. The van der Waals surface area contributed by atoms with Crippen LogP contribution in [0.15, 0.2) is 47.4 Å². The maximum Gasteiger partial charge on any atom is 0.408 e. The number of anilines is 2. The van der Waals surface area contributed by atoms with Gasteiger partial charge in [-0.05, 0) is 68.7 Å². The second-order valence-corrected chi connectivity index (χ2v) is 9.42. The number of aryl methyl sites for hydroxylation is 1. The molecule has 0 spiro atoms. The van der Waals surface area contributed by atoms with Crippen LogP contribution in [0, 0.1) is 12.8 Å². The van der Waals surface area contributed by atoms with E-state index in [1.165, 1.54) is 18.2 Å². The van der Waals surface area contributed by atoms with Gasteiger partial charge in [-0.25, -0.2) is 8.42 Å². The van der Waals surface area contributed by atoms with Gasteiger partial charge in [-0.1, -0.05) is 6.07 Å². The maximum atomic E-state index is 12.9. The number of hydrogen-bond acceptors (Lipinski definition) is 5. The van der Waals surface area contributed by atoms with E-state index in [9.17, 15) is 31.2 Å². The van der Waals surface area contributed by atoms with Crippen LogP contribution in [0.5, 0.6) is 5.75 Å². The Kier molecular flexibility index (Phi) is 7.39. The Labute approximate surface area is 194 Å². The van der Waals surface area contributed by atoms with Crippen LogP contribution < -0.4 is 20.1 Å². The van der Waals surface area contributed by atoms with Gasteiger partial charge in [0.1, 0.15) is 17.7 Å². The molecular formula is C22H24F3N3O5S. The van der Waals surface area contributed by atoms with Crippen molar-refractivity contribution >= 4 is 33.2 Å². The van der Waals surface area contributed by atoms with Crippen LogP contribution >= 0.6 is 0 Å². The number of hydrogen-bond donors (Lipinski definition) is 3. The molecule has 2 unspecified atom stereocenters.